The SMILES string of the molecule is CCCCCCn1cnc2c(=O)[nH]c(NC)nc21. The van der Waals surface area contributed by atoms with Gasteiger partial charge in [0.25, 0.3) is 5.56 Å². The second kappa shape index (κ2) is 5.66. The van der Waals surface area contributed by atoms with Crippen molar-refractivity contribution in [3.05, 3.63) is 16.7 Å². The normalized spacial score (nSPS) is 11.0. The second-order valence-corrected chi connectivity index (χ2v) is 4.34. The van der Waals surface area contributed by atoms with Crippen LogP contribution >= 0.6 is 0 Å². The summed E-state index contributed by atoms with van der Waals surface area (Å²) in [6.45, 7) is 3.04. The average molecular weight is 249 g/mol. The highest BCUT2D eigenvalue weighted by molar-refractivity contribution is 5.70. The number of hydrogen-bond donors (Lipinski definition) is 2. The average Bonchev–Trinajstić information content (AvgIpc) is 2.78. The Kier molecular flexibility index (Phi) is 3.96. The maximum atomic E-state index is 11.7. The van der Waals surface area contributed by atoms with Crippen molar-refractivity contribution in [1.82, 2.24) is 19.5 Å². The van der Waals surface area contributed by atoms with Gasteiger partial charge in [0.1, 0.15) is 0 Å². The maximum Gasteiger partial charge on any atom is 0.280 e. The number of fused-ring (bicyclic) bond motifs is 1. The third-order valence-corrected chi connectivity index (χ3v) is 2.96. The summed E-state index contributed by atoms with van der Waals surface area (Å²) < 4.78 is 1.95. The highest BCUT2D eigenvalue weighted by Crippen LogP contribution is 2.09. The fourth-order valence-electron chi connectivity index (χ4n) is 1.94. The van der Waals surface area contributed by atoms with Gasteiger partial charge in [-0.05, 0) is 6.42 Å². The Balaban J connectivity index is 2.23. The van der Waals surface area contributed by atoms with Crippen LogP contribution in [0.15, 0.2) is 11.1 Å². The Morgan fingerprint density at radius 1 is 1.39 bits per heavy atom. The highest BCUT2D eigenvalue weighted by atomic mass is 16.1. The Hall–Kier alpha value is -1.85. The molecule has 2 aromatic rings. The minimum atomic E-state index is -0.198. The van der Waals surface area contributed by atoms with Crippen LogP contribution in [-0.4, -0.2) is 26.6 Å². The minimum absolute atomic E-state index is 0.198. The molecule has 2 N–H and O–H groups in total. The van der Waals surface area contributed by atoms with Gasteiger partial charge in [0.05, 0.1) is 6.33 Å². The summed E-state index contributed by atoms with van der Waals surface area (Å²) in [7, 11) is 1.73. The van der Waals surface area contributed by atoms with Crippen molar-refractivity contribution in [2.75, 3.05) is 12.4 Å². The fraction of sp³-hybridized carbons (Fsp3) is 0.583. The van der Waals surface area contributed by atoms with Crippen LogP contribution in [0.5, 0.6) is 0 Å². The number of aromatic nitrogens is 4. The van der Waals surface area contributed by atoms with Gasteiger partial charge < -0.3 is 9.88 Å². The molecule has 0 aliphatic carbocycles. The largest absolute Gasteiger partial charge is 0.359 e. The smallest absolute Gasteiger partial charge is 0.280 e. The lowest BCUT2D eigenvalue weighted by atomic mass is 10.2. The van der Waals surface area contributed by atoms with E-state index in [0.717, 1.165) is 13.0 Å². The van der Waals surface area contributed by atoms with Gasteiger partial charge in [0.2, 0.25) is 5.95 Å². The molecule has 0 spiro atoms. The van der Waals surface area contributed by atoms with Crippen molar-refractivity contribution < 1.29 is 0 Å². The molecule has 2 rings (SSSR count). The summed E-state index contributed by atoms with van der Waals surface area (Å²) in [5, 5.41) is 2.85. The Morgan fingerprint density at radius 3 is 2.94 bits per heavy atom. The molecule has 18 heavy (non-hydrogen) atoms. The van der Waals surface area contributed by atoms with E-state index in [9.17, 15) is 4.79 Å². The van der Waals surface area contributed by atoms with E-state index in [2.05, 4.69) is 27.2 Å². The summed E-state index contributed by atoms with van der Waals surface area (Å²) in [5.41, 5.74) is 0.862. The van der Waals surface area contributed by atoms with Crippen molar-refractivity contribution in [3.8, 4) is 0 Å². The lowest BCUT2D eigenvalue weighted by Gasteiger charge is -2.04. The summed E-state index contributed by atoms with van der Waals surface area (Å²) in [6, 6.07) is 0. The summed E-state index contributed by atoms with van der Waals surface area (Å²) in [6.07, 6.45) is 6.42. The van der Waals surface area contributed by atoms with Gasteiger partial charge in [0.15, 0.2) is 11.2 Å². The molecule has 0 unspecified atom stereocenters. The predicted octanol–water partition coefficient (Wildman–Crippen LogP) is 1.74. The maximum absolute atomic E-state index is 11.7. The number of anilines is 1. The number of rotatable bonds is 6. The third kappa shape index (κ3) is 2.52. The molecule has 6 nitrogen and oxygen atoms in total. The number of nitrogens with one attached hydrogen (secondary N) is 2. The van der Waals surface area contributed by atoms with Gasteiger partial charge in [-0.15, -0.1) is 0 Å². The Bertz CT molecular complexity index is 571. The highest BCUT2D eigenvalue weighted by Gasteiger charge is 2.09. The number of aryl methyl sites for hydroxylation is 1. The van der Waals surface area contributed by atoms with Crippen LogP contribution in [0, 0.1) is 0 Å². The van der Waals surface area contributed by atoms with E-state index in [4.69, 9.17) is 0 Å². The van der Waals surface area contributed by atoms with Crippen LogP contribution in [0.3, 0.4) is 0 Å². The number of H-pyrrole nitrogens is 1. The van der Waals surface area contributed by atoms with E-state index in [-0.39, 0.29) is 5.56 Å². The quantitative estimate of drug-likeness (QED) is 0.765. The van der Waals surface area contributed by atoms with Crippen LogP contribution in [0.2, 0.25) is 0 Å². The second-order valence-electron chi connectivity index (χ2n) is 4.34. The zero-order valence-corrected chi connectivity index (χ0v) is 10.9. The van der Waals surface area contributed by atoms with Crippen LogP contribution in [-0.2, 0) is 6.54 Å². The molecule has 0 aliphatic heterocycles. The predicted molar refractivity (Wildman–Crippen MR) is 71.8 cm³/mol. The van der Waals surface area contributed by atoms with Gasteiger partial charge in [-0.3, -0.25) is 9.78 Å². The monoisotopic (exact) mass is 249 g/mol. The molecule has 0 atom stereocenters. The molecule has 0 aromatic carbocycles. The topological polar surface area (TPSA) is 75.6 Å². The van der Waals surface area contributed by atoms with Crippen molar-refractivity contribution in [2.45, 2.75) is 39.2 Å². The standard InChI is InChI=1S/C12H19N5O/c1-3-4-5-6-7-17-8-14-9-10(17)15-12(13-2)16-11(9)18/h8H,3-7H2,1-2H3,(H2,13,15,16,18). The molecule has 0 fully saturated rings. The van der Waals surface area contributed by atoms with Crippen LogP contribution < -0.4 is 10.9 Å². The molecular formula is C12H19N5O. The fourth-order valence-corrected chi connectivity index (χ4v) is 1.94. The molecule has 98 valence electrons. The Labute approximate surface area is 105 Å². The lowest BCUT2D eigenvalue weighted by molar-refractivity contribution is 0.589. The lowest BCUT2D eigenvalue weighted by Crippen LogP contribution is -2.12. The van der Waals surface area contributed by atoms with E-state index >= 15 is 0 Å². The number of imidazole rings is 1. The first-order chi connectivity index (χ1) is 8.76. The van der Waals surface area contributed by atoms with E-state index < -0.39 is 0 Å². The number of nitrogens with zero attached hydrogens (tertiary/aromatic N) is 3. The first kappa shape index (κ1) is 12.6. The molecule has 0 saturated heterocycles. The van der Waals surface area contributed by atoms with Gasteiger partial charge >= 0.3 is 0 Å². The van der Waals surface area contributed by atoms with Gasteiger partial charge in [-0.2, -0.15) is 4.98 Å². The molecule has 0 amide bonds. The van der Waals surface area contributed by atoms with Crippen molar-refractivity contribution in [3.63, 3.8) is 0 Å². The van der Waals surface area contributed by atoms with Crippen LogP contribution in [0.1, 0.15) is 32.6 Å². The van der Waals surface area contributed by atoms with Gasteiger partial charge in [-0.25, -0.2) is 4.98 Å². The zero-order valence-electron chi connectivity index (χ0n) is 10.9. The first-order valence-corrected chi connectivity index (χ1v) is 6.39. The molecule has 2 aromatic heterocycles. The van der Waals surface area contributed by atoms with E-state index in [0.29, 0.717) is 17.1 Å². The van der Waals surface area contributed by atoms with E-state index in [1.54, 1.807) is 13.4 Å². The molecule has 0 saturated carbocycles. The zero-order chi connectivity index (χ0) is 13.0. The minimum Gasteiger partial charge on any atom is -0.359 e. The molecule has 6 heteroatoms. The molecule has 0 bridgehead atoms. The molecule has 0 radical (unpaired) electrons. The van der Waals surface area contributed by atoms with E-state index in [1.807, 2.05) is 4.57 Å². The van der Waals surface area contributed by atoms with Gasteiger partial charge in [0, 0.05) is 13.6 Å². The number of hydrogen-bond acceptors (Lipinski definition) is 4. The Morgan fingerprint density at radius 2 is 2.22 bits per heavy atom. The molecule has 0 aliphatic rings. The van der Waals surface area contributed by atoms with Gasteiger partial charge in [-0.1, -0.05) is 26.2 Å². The van der Waals surface area contributed by atoms with Crippen LogP contribution in [0.4, 0.5) is 5.95 Å². The number of unbranched alkanes of at least 4 members (excludes halogenated alkanes) is 3. The molecular weight excluding hydrogens is 230 g/mol. The van der Waals surface area contributed by atoms with E-state index in [1.165, 1.54) is 19.3 Å². The summed E-state index contributed by atoms with van der Waals surface area (Å²) in [5.74, 6) is 0.475. The molecule has 2 heterocycles. The van der Waals surface area contributed by atoms with Crippen molar-refractivity contribution >= 4 is 17.1 Å². The number of aromatic amines is 1. The third-order valence-electron chi connectivity index (χ3n) is 2.96. The van der Waals surface area contributed by atoms with Crippen molar-refractivity contribution in [1.29, 1.82) is 0 Å². The summed E-state index contributed by atoms with van der Waals surface area (Å²) in [4.78, 5) is 22.8. The first-order valence-electron chi connectivity index (χ1n) is 6.39. The van der Waals surface area contributed by atoms with Crippen molar-refractivity contribution in [2.24, 2.45) is 0 Å². The van der Waals surface area contributed by atoms with Crippen LogP contribution in [0.25, 0.3) is 11.2 Å². The summed E-state index contributed by atoms with van der Waals surface area (Å²) >= 11 is 0.